The van der Waals surface area contributed by atoms with Crippen LogP contribution in [0, 0.1) is 0 Å². The fourth-order valence-electron chi connectivity index (χ4n) is 5.22. The summed E-state index contributed by atoms with van der Waals surface area (Å²) in [5.74, 6) is -0.945. The van der Waals surface area contributed by atoms with Gasteiger partial charge in [-0.05, 0) is 53.9 Å². The summed E-state index contributed by atoms with van der Waals surface area (Å²) in [4.78, 5) is 34.0. The van der Waals surface area contributed by atoms with E-state index in [0.717, 1.165) is 27.7 Å². The molecule has 1 aliphatic heterocycles. The third-order valence-corrected chi connectivity index (χ3v) is 7.29. The molecule has 7 nitrogen and oxygen atoms in total. The van der Waals surface area contributed by atoms with E-state index in [1.165, 1.54) is 4.90 Å². The summed E-state index contributed by atoms with van der Waals surface area (Å²) in [5, 5.41) is 12.6. The first-order valence-corrected chi connectivity index (χ1v) is 12.9. The second kappa shape index (κ2) is 9.66. The number of amides is 1. The Labute approximate surface area is 228 Å². The van der Waals surface area contributed by atoms with Crippen LogP contribution in [0.4, 0.5) is 11.4 Å². The van der Waals surface area contributed by atoms with Gasteiger partial charge in [0.15, 0.2) is 0 Å². The molecule has 1 aromatic heterocycles. The van der Waals surface area contributed by atoms with Gasteiger partial charge < -0.3 is 19.7 Å². The molecule has 0 spiro atoms. The van der Waals surface area contributed by atoms with E-state index in [-0.39, 0.29) is 16.7 Å². The number of aromatic amines is 1. The van der Waals surface area contributed by atoms with Crippen LogP contribution in [0.1, 0.15) is 43.5 Å². The van der Waals surface area contributed by atoms with Gasteiger partial charge in [-0.2, -0.15) is 0 Å². The highest BCUT2D eigenvalue weighted by Crippen LogP contribution is 2.45. The normalized spacial score (nSPS) is 17.2. The maximum Gasteiger partial charge on any atom is 0.300 e. The van der Waals surface area contributed by atoms with Crippen molar-refractivity contribution in [2.45, 2.75) is 32.2 Å². The van der Waals surface area contributed by atoms with Crippen LogP contribution >= 0.6 is 0 Å². The quantitative estimate of drug-likeness (QED) is 0.186. The number of methoxy groups -OCH3 is 1. The van der Waals surface area contributed by atoms with Crippen LogP contribution in [0.3, 0.4) is 0 Å². The zero-order chi connectivity index (χ0) is 28.1. The number of aliphatic hydroxyl groups is 1. The third kappa shape index (κ3) is 4.44. The molecule has 7 heteroatoms. The minimum atomic E-state index is -0.827. The molecule has 5 rings (SSSR count). The molecular weight excluding hydrogens is 490 g/mol. The van der Waals surface area contributed by atoms with Crippen LogP contribution in [-0.2, 0) is 15.0 Å². The molecule has 1 amide bonds. The molecule has 39 heavy (non-hydrogen) atoms. The van der Waals surface area contributed by atoms with Crippen molar-refractivity contribution in [2.75, 3.05) is 31.0 Å². The Kier molecular flexibility index (Phi) is 6.46. The number of ether oxygens (including phenoxy) is 1. The number of hydrogen-bond acceptors (Lipinski definition) is 5. The summed E-state index contributed by atoms with van der Waals surface area (Å²) in [7, 11) is 5.48. The molecule has 0 aliphatic carbocycles. The summed E-state index contributed by atoms with van der Waals surface area (Å²) >= 11 is 0. The number of H-pyrrole nitrogens is 1. The molecule has 0 bridgehead atoms. The highest BCUT2D eigenvalue weighted by atomic mass is 16.5. The van der Waals surface area contributed by atoms with Gasteiger partial charge in [0.1, 0.15) is 11.5 Å². The molecule has 200 valence electrons. The standard InChI is InChI=1S/C32H33N3O4/c1-32(2,3)24-17-19(11-16-26(24)39-6)29(36)27-28(23-18-33-25-10-8-7-9-22(23)25)35(31(38)30(27)37)21-14-12-20(13-15-21)34(4)5/h7-18,28,33,36H,1-6H3/b29-27+. The van der Waals surface area contributed by atoms with Crippen LogP contribution in [0.15, 0.2) is 78.5 Å². The molecule has 4 aromatic rings. The summed E-state index contributed by atoms with van der Waals surface area (Å²) in [6, 6.07) is 19.7. The number of hydrogen-bond donors (Lipinski definition) is 2. The van der Waals surface area contributed by atoms with Gasteiger partial charge in [-0.15, -0.1) is 0 Å². The molecule has 0 radical (unpaired) electrons. The molecule has 1 fully saturated rings. The Bertz CT molecular complexity index is 1610. The number of nitrogens with one attached hydrogen (secondary N) is 1. The molecule has 1 unspecified atom stereocenters. The molecule has 3 aromatic carbocycles. The largest absolute Gasteiger partial charge is 0.507 e. The van der Waals surface area contributed by atoms with Crippen molar-refractivity contribution < 1.29 is 19.4 Å². The summed E-state index contributed by atoms with van der Waals surface area (Å²) in [5.41, 5.74) is 4.24. The number of ketones is 1. The van der Waals surface area contributed by atoms with Crippen LogP contribution in [-0.4, -0.2) is 43.0 Å². The highest BCUT2D eigenvalue weighted by Gasteiger charge is 2.47. The maximum atomic E-state index is 13.7. The Morgan fingerprint density at radius 2 is 1.69 bits per heavy atom. The number of carbonyl (C=O) groups excluding carboxylic acids is 2. The minimum absolute atomic E-state index is 0.0477. The van der Waals surface area contributed by atoms with E-state index in [2.05, 4.69) is 25.8 Å². The van der Waals surface area contributed by atoms with Gasteiger partial charge in [-0.3, -0.25) is 14.5 Å². The van der Waals surface area contributed by atoms with Crippen LogP contribution in [0.2, 0.25) is 0 Å². The second-order valence-electron chi connectivity index (χ2n) is 11.0. The predicted octanol–water partition coefficient (Wildman–Crippen LogP) is 6.17. The topological polar surface area (TPSA) is 85.9 Å². The lowest BCUT2D eigenvalue weighted by molar-refractivity contribution is -0.132. The molecule has 0 saturated carbocycles. The number of Topliss-reactive ketones (excluding diaryl/α,β-unsaturated/α-hetero) is 1. The molecule has 1 saturated heterocycles. The summed E-state index contributed by atoms with van der Waals surface area (Å²) < 4.78 is 5.57. The number of rotatable bonds is 5. The third-order valence-electron chi connectivity index (χ3n) is 7.29. The number of nitrogens with zero attached hydrogens (tertiary/aromatic N) is 2. The Balaban J connectivity index is 1.75. The monoisotopic (exact) mass is 523 g/mol. The first-order valence-electron chi connectivity index (χ1n) is 12.9. The van der Waals surface area contributed by atoms with E-state index in [0.29, 0.717) is 17.0 Å². The van der Waals surface area contributed by atoms with E-state index >= 15 is 0 Å². The van der Waals surface area contributed by atoms with Crippen molar-refractivity contribution in [1.82, 2.24) is 4.98 Å². The summed E-state index contributed by atoms with van der Waals surface area (Å²) in [6.07, 6.45) is 1.81. The SMILES string of the molecule is COc1ccc(/C(O)=C2\C(=O)C(=O)N(c3ccc(N(C)C)cc3)C2c2c[nH]c3ccccc23)cc1C(C)(C)C. The average Bonchev–Trinajstić information content (AvgIpc) is 3.45. The van der Waals surface area contributed by atoms with Gasteiger partial charge in [0.05, 0.1) is 18.7 Å². The molecular formula is C32H33N3O4. The molecule has 1 atom stereocenters. The van der Waals surface area contributed by atoms with Crippen molar-refractivity contribution in [1.29, 1.82) is 0 Å². The van der Waals surface area contributed by atoms with Gasteiger partial charge in [-0.25, -0.2) is 0 Å². The van der Waals surface area contributed by atoms with E-state index in [1.54, 1.807) is 19.2 Å². The van der Waals surface area contributed by atoms with Gasteiger partial charge in [0.25, 0.3) is 11.7 Å². The zero-order valence-electron chi connectivity index (χ0n) is 23.1. The lowest BCUT2D eigenvalue weighted by atomic mass is 9.84. The van der Waals surface area contributed by atoms with Crippen molar-refractivity contribution >= 4 is 39.7 Å². The van der Waals surface area contributed by atoms with Crippen LogP contribution < -0.4 is 14.5 Å². The number of aromatic nitrogens is 1. The van der Waals surface area contributed by atoms with Gasteiger partial charge in [0, 0.05) is 59.3 Å². The average molecular weight is 524 g/mol. The molecule has 2 heterocycles. The van der Waals surface area contributed by atoms with Gasteiger partial charge in [-0.1, -0.05) is 39.0 Å². The Hall–Kier alpha value is -4.52. The Morgan fingerprint density at radius 3 is 2.33 bits per heavy atom. The zero-order valence-corrected chi connectivity index (χ0v) is 23.1. The predicted molar refractivity (Wildman–Crippen MR) is 156 cm³/mol. The Morgan fingerprint density at radius 1 is 1.00 bits per heavy atom. The lowest BCUT2D eigenvalue weighted by Gasteiger charge is -2.26. The van der Waals surface area contributed by atoms with Crippen molar-refractivity contribution in [2.24, 2.45) is 0 Å². The number of aliphatic hydroxyl groups excluding tert-OH is 1. The van der Waals surface area contributed by atoms with E-state index in [1.807, 2.05) is 79.8 Å². The van der Waals surface area contributed by atoms with E-state index in [9.17, 15) is 14.7 Å². The number of fused-ring (bicyclic) bond motifs is 1. The van der Waals surface area contributed by atoms with E-state index < -0.39 is 17.7 Å². The summed E-state index contributed by atoms with van der Waals surface area (Å²) in [6.45, 7) is 6.16. The van der Waals surface area contributed by atoms with Gasteiger partial charge >= 0.3 is 0 Å². The number of benzene rings is 3. The second-order valence-corrected chi connectivity index (χ2v) is 11.0. The molecule has 2 N–H and O–H groups in total. The van der Waals surface area contributed by atoms with Crippen molar-refractivity contribution in [3.63, 3.8) is 0 Å². The number of para-hydroxylation sites is 1. The fourth-order valence-corrected chi connectivity index (χ4v) is 5.22. The minimum Gasteiger partial charge on any atom is -0.507 e. The maximum absolute atomic E-state index is 13.7. The van der Waals surface area contributed by atoms with Crippen molar-refractivity contribution in [3.8, 4) is 5.75 Å². The highest BCUT2D eigenvalue weighted by molar-refractivity contribution is 6.51. The van der Waals surface area contributed by atoms with Gasteiger partial charge in [0.2, 0.25) is 0 Å². The van der Waals surface area contributed by atoms with Crippen LogP contribution in [0.5, 0.6) is 5.75 Å². The fraction of sp³-hybridized carbons (Fsp3) is 0.250. The number of anilines is 2. The van der Waals surface area contributed by atoms with E-state index in [4.69, 9.17) is 4.74 Å². The smallest absolute Gasteiger partial charge is 0.300 e. The first-order chi connectivity index (χ1) is 18.5. The van der Waals surface area contributed by atoms with Crippen LogP contribution in [0.25, 0.3) is 16.7 Å². The number of carbonyl (C=O) groups is 2. The molecule has 1 aliphatic rings. The van der Waals surface area contributed by atoms with Crippen molar-refractivity contribution in [3.05, 3.63) is 95.2 Å². The lowest BCUT2D eigenvalue weighted by Crippen LogP contribution is -2.29. The first kappa shape index (κ1) is 26.1.